The molecule has 0 radical (unpaired) electrons. The Morgan fingerprint density at radius 3 is 2.83 bits per heavy atom. The Labute approximate surface area is 135 Å². The number of nitrogens with two attached hydrogens (primary N) is 1. The van der Waals surface area contributed by atoms with E-state index in [4.69, 9.17) is 20.3 Å². The number of phosphoric acid groups is 1. The lowest BCUT2D eigenvalue weighted by molar-refractivity contribution is -0.0883. The fourth-order valence-electron chi connectivity index (χ4n) is 2.83. The molecule has 2 aromatic heterocycles. The lowest BCUT2D eigenvalue weighted by Gasteiger charge is -2.27. The van der Waals surface area contributed by atoms with Crippen LogP contribution in [-0.4, -0.2) is 59.5 Å². The maximum absolute atomic E-state index is 10.8. The van der Waals surface area contributed by atoms with Gasteiger partial charge in [0.2, 0.25) is 0 Å². The third-order valence-electron chi connectivity index (χ3n) is 4.06. The van der Waals surface area contributed by atoms with Crippen LogP contribution in [0.4, 0.5) is 5.82 Å². The van der Waals surface area contributed by atoms with Gasteiger partial charge in [0.25, 0.3) is 0 Å². The van der Waals surface area contributed by atoms with Gasteiger partial charge in [-0.15, -0.1) is 0 Å². The van der Waals surface area contributed by atoms with E-state index >= 15 is 0 Å². The van der Waals surface area contributed by atoms with Crippen LogP contribution < -0.4 is 5.73 Å². The molecule has 3 heterocycles. The molecule has 1 aliphatic rings. The molecule has 1 saturated heterocycles. The summed E-state index contributed by atoms with van der Waals surface area (Å²) in [5, 5.41) is 24.6. The minimum Gasteiger partial charge on any atom is -0.387 e. The number of hydrogen-bond acceptors (Lipinski definition) is 8. The highest BCUT2D eigenvalue weighted by Crippen LogP contribution is 2.42. The summed E-state index contributed by atoms with van der Waals surface area (Å²) in [5.41, 5.74) is 5.27. The number of fused-ring (bicyclic) bond motifs is 1. The summed E-state index contributed by atoms with van der Waals surface area (Å²) in [4.78, 5) is 21.4. The summed E-state index contributed by atoms with van der Waals surface area (Å²) in [6.45, 7) is 0.941. The zero-order valence-corrected chi connectivity index (χ0v) is 13.4. The number of nitrogen functional groups attached to an aromatic ring is 1. The first-order chi connectivity index (χ1) is 11.1. The van der Waals surface area contributed by atoms with E-state index in [0.29, 0.717) is 11.2 Å². The maximum Gasteiger partial charge on any atom is 0.469 e. The fourth-order valence-corrected chi connectivity index (χ4v) is 3.17. The SMILES string of the molecule is C[C@@]1(c2ccc3c(N)ncnn23)O[C@H](COP(=O)(O)O)[C@@H](O)[C@H]1O. The second-order valence-electron chi connectivity index (χ2n) is 5.65. The molecule has 0 bridgehead atoms. The van der Waals surface area contributed by atoms with Gasteiger partial charge in [-0.05, 0) is 19.1 Å². The van der Waals surface area contributed by atoms with Gasteiger partial charge in [0.15, 0.2) is 5.82 Å². The van der Waals surface area contributed by atoms with Crippen molar-refractivity contribution >= 4 is 19.2 Å². The molecular weight excluding hydrogens is 343 g/mol. The molecule has 4 atom stereocenters. The van der Waals surface area contributed by atoms with Crippen molar-refractivity contribution in [3.05, 3.63) is 24.2 Å². The minimum absolute atomic E-state index is 0.231. The molecule has 12 heteroatoms. The number of nitrogens with zero attached hydrogens (tertiary/aromatic N) is 3. The molecule has 1 aliphatic heterocycles. The minimum atomic E-state index is -4.73. The van der Waals surface area contributed by atoms with Crippen LogP contribution in [-0.2, 0) is 19.4 Å². The highest BCUT2D eigenvalue weighted by atomic mass is 31.2. The number of aliphatic hydroxyl groups is 2. The van der Waals surface area contributed by atoms with Gasteiger partial charge in [0, 0.05) is 0 Å². The van der Waals surface area contributed by atoms with E-state index in [-0.39, 0.29) is 5.82 Å². The molecule has 6 N–H and O–H groups in total. The number of rotatable bonds is 4. The summed E-state index contributed by atoms with van der Waals surface area (Å²) >= 11 is 0. The Hall–Kier alpha value is -1.59. The number of anilines is 1. The molecule has 2 aromatic rings. The van der Waals surface area contributed by atoms with Gasteiger partial charge in [-0.3, -0.25) is 4.52 Å². The molecule has 132 valence electrons. The van der Waals surface area contributed by atoms with Crippen molar-refractivity contribution in [3.8, 4) is 0 Å². The van der Waals surface area contributed by atoms with Crippen LogP contribution in [0.5, 0.6) is 0 Å². The van der Waals surface area contributed by atoms with Gasteiger partial charge < -0.3 is 30.5 Å². The standard InChI is InChI=1S/C12H17N4O7P/c1-12(8-3-2-6-11(13)14-5-15-16(6)8)10(18)9(17)7(23-12)4-22-24(19,20)21/h2-3,5,7,9-10,17-18H,4H2,1H3,(H2,13,14,15)(H2,19,20,21)/t7-,9-,10-,12+/m1/s1. The number of aromatic nitrogens is 3. The molecule has 0 aliphatic carbocycles. The average molecular weight is 360 g/mol. The first-order valence-corrected chi connectivity index (χ1v) is 8.49. The second-order valence-corrected chi connectivity index (χ2v) is 6.89. The zero-order valence-electron chi connectivity index (χ0n) is 12.6. The number of hydrogen-bond donors (Lipinski definition) is 5. The third kappa shape index (κ3) is 2.80. The summed E-state index contributed by atoms with van der Waals surface area (Å²) < 4.78 is 22.3. The number of phosphoric ester groups is 1. The lowest BCUT2D eigenvalue weighted by atomic mass is 9.93. The van der Waals surface area contributed by atoms with E-state index in [0.717, 1.165) is 0 Å². The number of aliphatic hydroxyl groups excluding tert-OH is 2. The lowest BCUT2D eigenvalue weighted by Crippen LogP contribution is -2.39. The van der Waals surface area contributed by atoms with Crippen molar-refractivity contribution in [2.24, 2.45) is 0 Å². The van der Waals surface area contributed by atoms with Gasteiger partial charge in [-0.2, -0.15) is 5.10 Å². The summed E-state index contributed by atoms with van der Waals surface area (Å²) in [6, 6.07) is 3.25. The molecule has 3 rings (SSSR count). The van der Waals surface area contributed by atoms with Crippen molar-refractivity contribution in [2.45, 2.75) is 30.8 Å². The molecule has 0 aromatic carbocycles. The molecular formula is C12H17N4O7P. The topological polar surface area (TPSA) is 173 Å². The molecule has 11 nitrogen and oxygen atoms in total. The zero-order chi connectivity index (χ0) is 17.7. The normalized spacial score (nSPS) is 31.0. The highest BCUT2D eigenvalue weighted by Gasteiger charge is 2.54. The van der Waals surface area contributed by atoms with Crippen molar-refractivity contribution in [2.75, 3.05) is 12.3 Å². The van der Waals surface area contributed by atoms with Crippen LogP contribution >= 0.6 is 7.82 Å². The van der Waals surface area contributed by atoms with Crippen molar-refractivity contribution in [3.63, 3.8) is 0 Å². The Morgan fingerprint density at radius 2 is 2.17 bits per heavy atom. The van der Waals surface area contributed by atoms with Crippen molar-refractivity contribution in [1.29, 1.82) is 0 Å². The monoisotopic (exact) mass is 360 g/mol. The van der Waals surface area contributed by atoms with E-state index in [2.05, 4.69) is 14.6 Å². The summed E-state index contributed by atoms with van der Waals surface area (Å²) in [5.74, 6) is 0.231. The van der Waals surface area contributed by atoms with Gasteiger partial charge in [-0.25, -0.2) is 14.1 Å². The molecule has 1 fully saturated rings. The third-order valence-corrected chi connectivity index (χ3v) is 4.55. The predicted molar refractivity (Wildman–Crippen MR) is 79.6 cm³/mol. The maximum atomic E-state index is 10.8. The van der Waals surface area contributed by atoms with E-state index < -0.39 is 38.3 Å². The Balaban J connectivity index is 1.94. The Kier molecular flexibility index (Phi) is 4.12. The predicted octanol–water partition coefficient (Wildman–Crippen LogP) is -1.24. The Bertz CT molecular complexity index is 808. The molecule has 0 unspecified atom stereocenters. The first kappa shape index (κ1) is 17.2. The fraction of sp³-hybridized carbons (Fsp3) is 0.500. The van der Waals surface area contributed by atoms with Gasteiger partial charge >= 0.3 is 7.82 Å². The van der Waals surface area contributed by atoms with Crippen LogP contribution in [0.15, 0.2) is 18.5 Å². The van der Waals surface area contributed by atoms with Crippen LogP contribution in [0.25, 0.3) is 5.52 Å². The van der Waals surface area contributed by atoms with Crippen LogP contribution in [0.2, 0.25) is 0 Å². The van der Waals surface area contributed by atoms with Crippen LogP contribution in [0, 0.1) is 0 Å². The van der Waals surface area contributed by atoms with E-state index in [1.165, 1.54) is 17.8 Å². The second kappa shape index (κ2) is 5.74. The summed E-state index contributed by atoms with van der Waals surface area (Å²) in [6.07, 6.45) is -2.69. The molecule has 0 saturated carbocycles. The van der Waals surface area contributed by atoms with Crippen molar-refractivity contribution in [1.82, 2.24) is 14.6 Å². The molecule has 24 heavy (non-hydrogen) atoms. The highest BCUT2D eigenvalue weighted by molar-refractivity contribution is 7.46. The smallest absolute Gasteiger partial charge is 0.387 e. The van der Waals surface area contributed by atoms with Crippen LogP contribution in [0.3, 0.4) is 0 Å². The van der Waals surface area contributed by atoms with Crippen LogP contribution in [0.1, 0.15) is 12.6 Å². The van der Waals surface area contributed by atoms with E-state index in [1.807, 2.05) is 0 Å². The van der Waals surface area contributed by atoms with Gasteiger partial charge in [0.05, 0.1) is 12.3 Å². The number of ether oxygens (including phenoxy) is 1. The van der Waals surface area contributed by atoms with Gasteiger partial charge in [0.1, 0.15) is 35.8 Å². The van der Waals surface area contributed by atoms with Crippen molar-refractivity contribution < 1.29 is 33.8 Å². The van der Waals surface area contributed by atoms with E-state index in [1.54, 1.807) is 12.1 Å². The van der Waals surface area contributed by atoms with Gasteiger partial charge in [-0.1, -0.05) is 0 Å². The first-order valence-electron chi connectivity index (χ1n) is 6.96. The average Bonchev–Trinajstić information content (AvgIpc) is 3.02. The quantitative estimate of drug-likeness (QED) is 0.415. The Morgan fingerprint density at radius 1 is 1.46 bits per heavy atom. The summed E-state index contributed by atoms with van der Waals surface area (Å²) in [7, 11) is -4.73. The largest absolute Gasteiger partial charge is 0.469 e. The molecule has 0 amide bonds. The molecule has 0 spiro atoms. The van der Waals surface area contributed by atoms with E-state index in [9.17, 15) is 14.8 Å².